The van der Waals surface area contributed by atoms with E-state index >= 15 is 0 Å². The monoisotopic (exact) mass is 416 g/mol. The Morgan fingerprint density at radius 3 is 2.62 bits per heavy atom. The lowest BCUT2D eigenvalue weighted by atomic mass is 10.2. The Labute approximate surface area is 160 Å². The Balaban J connectivity index is 2.04. The third-order valence-electron chi connectivity index (χ3n) is 3.24. The largest absolute Gasteiger partial charge is 0.462 e. The lowest BCUT2D eigenvalue weighted by Gasteiger charge is -2.15. The zero-order chi connectivity index (χ0) is 19.3. The summed E-state index contributed by atoms with van der Waals surface area (Å²) in [7, 11) is -2.50. The average Bonchev–Trinajstić information content (AvgIpc) is 3.02. The highest BCUT2D eigenvalue weighted by molar-refractivity contribution is 7.91. The molecule has 0 aliphatic carbocycles. The second kappa shape index (κ2) is 8.63. The molecular formula is C16H17ClN2O5S2. The van der Waals surface area contributed by atoms with E-state index in [2.05, 4.69) is 5.32 Å². The number of anilines is 1. The van der Waals surface area contributed by atoms with E-state index in [1.807, 2.05) is 0 Å². The van der Waals surface area contributed by atoms with Crippen LogP contribution in [-0.4, -0.2) is 44.8 Å². The van der Waals surface area contributed by atoms with Crippen LogP contribution in [0, 0.1) is 0 Å². The van der Waals surface area contributed by atoms with Gasteiger partial charge in [-0.15, -0.1) is 11.3 Å². The third kappa shape index (κ3) is 5.04. The van der Waals surface area contributed by atoms with Crippen molar-refractivity contribution in [2.24, 2.45) is 0 Å². The molecule has 0 saturated heterocycles. The number of sulfonamides is 1. The SMILES string of the molecule is CCOC(=O)c1cccc(NC(=O)CN(C)S(=O)(=O)c2ccc(Cl)s2)c1. The van der Waals surface area contributed by atoms with Gasteiger partial charge in [-0.25, -0.2) is 13.2 Å². The van der Waals surface area contributed by atoms with Crippen molar-refractivity contribution in [2.75, 3.05) is 25.5 Å². The van der Waals surface area contributed by atoms with Crippen molar-refractivity contribution in [3.63, 3.8) is 0 Å². The maximum Gasteiger partial charge on any atom is 0.338 e. The summed E-state index contributed by atoms with van der Waals surface area (Å²) in [5.74, 6) is -1.04. The molecule has 10 heteroatoms. The maximum atomic E-state index is 12.4. The summed E-state index contributed by atoms with van der Waals surface area (Å²) in [6.07, 6.45) is 0. The molecule has 26 heavy (non-hydrogen) atoms. The summed E-state index contributed by atoms with van der Waals surface area (Å²) >= 11 is 6.68. The molecule has 7 nitrogen and oxygen atoms in total. The number of carbonyl (C=O) groups is 2. The standard InChI is InChI=1S/C16H17ClN2O5S2/c1-3-24-16(21)11-5-4-6-12(9-11)18-14(20)10-19(2)26(22,23)15-8-7-13(17)25-15/h4-9H,3,10H2,1-2H3,(H,18,20). The van der Waals surface area contributed by atoms with Crippen LogP contribution in [0.3, 0.4) is 0 Å². The molecule has 0 atom stereocenters. The summed E-state index contributed by atoms with van der Waals surface area (Å²) in [4.78, 5) is 23.9. The van der Waals surface area contributed by atoms with Crippen molar-refractivity contribution < 1.29 is 22.7 Å². The molecular weight excluding hydrogens is 400 g/mol. The Hall–Kier alpha value is -1.94. The smallest absolute Gasteiger partial charge is 0.338 e. The van der Waals surface area contributed by atoms with Crippen LogP contribution in [0.4, 0.5) is 5.69 Å². The summed E-state index contributed by atoms with van der Waals surface area (Å²) < 4.78 is 31.0. The number of nitrogens with one attached hydrogen (secondary N) is 1. The van der Waals surface area contributed by atoms with Crippen LogP contribution >= 0.6 is 22.9 Å². The van der Waals surface area contributed by atoms with Crippen LogP contribution in [0.2, 0.25) is 4.34 Å². The van der Waals surface area contributed by atoms with Crippen molar-refractivity contribution in [1.82, 2.24) is 4.31 Å². The summed E-state index contributed by atoms with van der Waals surface area (Å²) in [5.41, 5.74) is 0.657. The number of thiophene rings is 1. The van der Waals surface area contributed by atoms with Gasteiger partial charge in [0.15, 0.2) is 0 Å². The Morgan fingerprint density at radius 2 is 2.00 bits per heavy atom. The highest BCUT2D eigenvalue weighted by Crippen LogP contribution is 2.27. The predicted octanol–water partition coefficient (Wildman–Crippen LogP) is 2.84. The Bertz CT molecular complexity index is 911. The second-order valence-corrected chi connectivity index (χ2v) is 9.16. The van der Waals surface area contributed by atoms with Gasteiger partial charge in [0.25, 0.3) is 10.0 Å². The van der Waals surface area contributed by atoms with Crippen LogP contribution in [0.1, 0.15) is 17.3 Å². The molecule has 1 amide bonds. The number of benzene rings is 1. The van der Waals surface area contributed by atoms with E-state index < -0.39 is 21.9 Å². The number of rotatable bonds is 7. The van der Waals surface area contributed by atoms with Crippen LogP contribution in [0.15, 0.2) is 40.6 Å². The predicted molar refractivity (Wildman–Crippen MR) is 100 cm³/mol. The highest BCUT2D eigenvalue weighted by Gasteiger charge is 2.24. The van der Waals surface area contributed by atoms with Crippen LogP contribution in [-0.2, 0) is 19.6 Å². The summed E-state index contributed by atoms with van der Waals surface area (Å²) in [5, 5.41) is 2.56. The first-order chi connectivity index (χ1) is 12.2. The molecule has 0 fully saturated rings. The fourth-order valence-electron chi connectivity index (χ4n) is 2.02. The minimum absolute atomic E-state index is 0.0575. The Morgan fingerprint density at radius 1 is 1.27 bits per heavy atom. The first kappa shape index (κ1) is 20.4. The molecule has 1 N–H and O–H groups in total. The number of hydrogen-bond donors (Lipinski definition) is 1. The van der Waals surface area contributed by atoms with Gasteiger partial charge >= 0.3 is 5.97 Å². The lowest BCUT2D eigenvalue weighted by molar-refractivity contribution is -0.116. The second-order valence-electron chi connectivity index (χ2n) is 5.17. The first-order valence-corrected chi connectivity index (χ1v) is 10.2. The molecule has 1 aromatic carbocycles. The summed E-state index contributed by atoms with van der Waals surface area (Å²) in [6.45, 7) is 1.55. The quantitative estimate of drug-likeness (QED) is 0.700. The molecule has 0 spiro atoms. The van der Waals surface area contributed by atoms with Crippen LogP contribution < -0.4 is 5.32 Å². The van der Waals surface area contributed by atoms with Crippen molar-refractivity contribution in [1.29, 1.82) is 0 Å². The normalized spacial score (nSPS) is 11.4. The van der Waals surface area contributed by atoms with Gasteiger partial charge in [-0.3, -0.25) is 4.79 Å². The summed E-state index contributed by atoms with van der Waals surface area (Å²) in [6, 6.07) is 9.08. The molecule has 2 aromatic rings. The number of amides is 1. The van der Waals surface area contributed by atoms with Gasteiger partial charge in [-0.2, -0.15) is 4.31 Å². The molecule has 1 aromatic heterocycles. The van der Waals surface area contributed by atoms with E-state index in [0.717, 1.165) is 15.6 Å². The number of esters is 1. The Kier molecular flexibility index (Phi) is 6.76. The van der Waals surface area contributed by atoms with Gasteiger partial charge in [-0.05, 0) is 37.3 Å². The molecule has 0 radical (unpaired) electrons. The molecule has 2 rings (SSSR count). The van der Waals surface area contributed by atoms with Crippen molar-refractivity contribution in [3.05, 3.63) is 46.3 Å². The van der Waals surface area contributed by atoms with E-state index in [0.29, 0.717) is 15.6 Å². The number of hydrogen-bond acceptors (Lipinski definition) is 6. The van der Waals surface area contributed by atoms with E-state index in [1.165, 1.54) is 25.2 Å². The number of ether oxygens (including phenoxy) is 1. The van der Waals surface area contributed by atoms with Gasteiger partial charge in [0.05, 0.1) is 23.1 Å². The number of likely N-dealkylation sites (N-methyl/N-ethyl adjacent to an activating group) is 1. The zero-order valence-electron chi connectivity index (χ0n) is 14.1. The molecule has 0 aliphatic rings. The lowest BCUT2D eigenvalue weighted by Crippen LogP contribution is -2.34. The highest BCUT2D eigenvalue weighted by atomic mass is 35.5. The van der Waals surface area contributed by atoms with Crippen LogP contribution in [0.25, 0.3) is 0 Å². The molecule has 140 valence electrons. The minimum atomic E-state index is -3.80. The van der Waals surface area contributed by atoms with E-state index in [9.17, 15) is 18.0 Å². The van der Waals surface area contributed by atoms with Gasteiger partial charge in [0.1, 0.15) is 4.21 Å². The molecule has 0 saturated carbocycles. The molecule has 0 bridgehead atoms. The third-order valence-corrected chi connectivity index (χ3v) is 6.74. The van der Waals surface area contributed by atoms with Crippen LogP contribution in [0.5, 0.6) is 0 Å². The van der Waals surface area contributed by atoms with Gasteiger partial charge < -0.3 is 10.1 Å². The average molecular weight is 417 g/mol. The first-order valence-electron chi connectivity index (χ1n) is 7.52. The molecule has 0 unspecified atom stereocenters. The van der Waals surface area contributed by atoms with Crippen molar-refractivity contribution in [2.45, 2.75) is 11.1 Å². The maximum absolute atomic E-state index is 12.4. The minimum Gasteiger partial charge on any atom is -0.462 e. The molecule has 1 heterocycles. The van der Waals surface area contributed by atoms with Crippen molar-refractivity contribution >= 4 is 50.5 Å². The molecule has 0 aliphatic heterocycles. The fraction of sp³-hybridized carbons (Fsp3) is 0.250. The van der Waals surface area contributed by atoms with E-state index in [4.69, 9.17) is 16.3 Å². The zero-order valence-corrected chi connectivity index (χ0v) is 16.5. The number of halogens is 1. The van der Waals surface area contributed by atoms with Gasteiger partial charge in [0.2, 0.25) is 5.91 Å². The topological polar surface area (TPSA) is 92.8 Å². The van der Waals surface area contributed by atoms with Crippen molar-refractivity contribution in [3.8, 4) is 0 Å². The number of nitrogens with zero attached hydrogens (tertiary/aromatic N) is 1. The van der Waals surface area contributed by atoms with E-state index in [1.54, 1.807) is 25.1 Å². The van der Waals surface area contributed by atoms with E-state index in [-0.39, 0.29) is 17.4 Å². The number of carbonyl (C=O) groups excluding carboxylic acids is 2. The van der Waals surface area contributed by atoms with Gasteiger partial charge in [-0.1, -0.05) is 17.7 Å². The van der Waals surface area contributed by atoms with Gasteiger partial charge in [0, 0.05) is 12.7 Å². The fourth-order valence-corrected chi connectivity index (χ4v) is 4.84.